The first-order valence-electron chi connectivity index (χ1n) is 10.5. The number of carboxylic acids is 1. The molecule has 0 radical (unpaired) electrons. The van der Waals surface area contributed by atoms with E-state index < -0.39 is 42.3 Å². The maximum absolute atomic E-state index is 11.9. The third-order valence-electron chi connectivity index (χ3n) is 5.00. The molecular weight excluding hydrogens is 454 g/mol. The highest BCUT2D eigenvalue weighted by molar-refractivity contribution is 5.75. The van der Waals surface area contributed by atoms with Crippen molar-refractivity contribution in [2.75, 3.05) is 27.4 Å². The van der Waals surface area contributed by atoms with Crippen LogP contribution in [-0.2, 0) is 23.7 Å². The zero-order valence-electron chi connectivity index (χ0n) is 19.8. The van der Waals surface area contributed by atoms with Crippen LogP contribution in [0, 0.1) is 11.8 Å². The molecule has 3 unspecified atom stereocenters. The van der Waals surface area contributed by atoms with E-state index in [-0.39, 0.29) is 30.6 Å². The van der Waals surface area contributed by atoms with Gasteiger partial charge in [-0.15, -0.1) is 0 Å². The SMILES string of the molecule is CCC(C)COC(=O)OCC(C)C(c1ccc(OC(=O)OC)c(OC(=O)OC)c1)[C@H](N)C(=O)O. The van der Waals surface area contributed by atoms with Gasteiger partial charge in [0.2, 0.25) is 0 Å². The number of carboxylic acid groups (broad SMARTS) is 1. The van der Waals surface area contributed by atoms with E-state index in [1.807, 2.05) is 13.8 Å². The second-order valence-corrected chi connectivity index (χ2v) is 7.57. The van der Waals surface area contributed by atoms with Gasteiger partial charge in [0.05, 0.1) is 27.4 Å². The first-order valence-corrected chi connectivity index (χ1v) is 10.5. The number of carbonyl (C=O) groups is 4. The summed E-state index contributed by atoms with van der Waals surface area (Å²) in [5.74, 6) is -3.05. The minimum atomic E-state index is -1.41. The molecule has 0 fully saturated rings. The quantitative estimate of drug-likeness (QED) is 0.267. The lowest BCUT2D eigenvalue weighted by atomic mass is 9.82. The molecule has 0 saturated carbocycles. The van der Waals surface area contributed by atoms with Crippen molar-refractivity contribution in [3.63, 3.8) is 0 Å². The third kappa shape index (κ3) is 8.77. The summed E-state index contributed by atoms with van der Waals surface area (Å²) in [6.45, 7) is 5.50. The summed E-state index contributed by atoms with van der Waals surface area (Å²) in [5.41, 5.74) is 6.24. The van der Waals surface area contributed by atoms with E-state index in [0.717, 1.165) is 20.6 Å². The summed E-state index contributed by atoms with van der Waals surface area (Å²) in [5, 5.41) is 9.52. The number of rotatable bonds is 11. The predicted octanol–water partition coefficient (Wildman–Crippen LogP) is 3.31. The lowest BCUT2D eigenvalue weighted by Gasteiger charge is -2.27. The highest BCUT2D eigenvalue weighted by Gasteiger charge is 2.33. The summed E-state index contributed by atoms with van der Waals surface area (Å²) in [4.78, 5) is 46.7. The van der Waals surface area contributed by atoms with Crippen LogP contribution >= 0.6 is 0 Å². The van der Waals surface area contributed by atoms with Gasteiger partial charge in [0.1, 0.15) is 6.04 Å². The van der Waals surface area contributed by atoms with Gasteiger partial charge in [-0.2, -0.15) is 0 Å². The molecule has 0 heterocycles. The fourth-order valence-corrected chi connectivity index (χ4v) is 2.88. The van der Waals surface area contributed by atoms with Gasteiger partial charge in [0, 0.05) is 5.92 Å². The van der Waals surface area contributed by atoms with Crippen LogP contribution in [0.1, 0.15) is 38.7 Å². The van der Waals surface area contributed by atoms with Crippen LogP contribution in [0.3, 0.4) is 0 Å². The molecule has 12 nitrogen and oxygen atoms in total. The van der Waals surface area contributed by atoms with Gasteiger partial charge in [0.15, 0.2) is 11.5 Å². The molecule has 0 saturated heterocycles. The Morgan fingerprint density at radius 1 is 0.912 bits per heavy atom. The lowest BCUT2D eigenvalue weighted by molar-refractivity contribution is -0.139. The molecule has 34 heavy (non-hydrogen) atoms. The molecule has 0 aliphatic heterocycles. The van der Waals surface area contributed by atoms with Crippen LogP contribution < -0.4 is 15.2 Å². The molecule has 0 aliphatic carbocycles. The van der Waals surface area contributed by atoms with E-state index in [2.05, 4.69) is 9.47 Å². The van der Waals surface area contributed by atoms with Crippen molar-refractivity contribution in [2.24, 2.45) is 17.6 Å². The lowest BCUT2D eigenvalue weighted by Crippen LogP contribution is -2.40. The van der Waals surface area contributed by atoms with Crippen molar-refractivity contribution in [1.29, 1.82) is 0 Å². The molecule has 1 rings (SSSR count). The van der Waals surface area contributed by atoms with Crippen LogP contribution in [0.25, 0.3) is 0 Å². The van der Waals surface area contributed by atoms with Crippen LogP contribution in [0.5, 0.6) is 11.5 Å². The van der Waals surface area contributed by atoms with Gasteiger partial charge in [-0.05, 0) is 29.5 Å². The minimum absolute atomic E-state index is 0.164. The van der Waals surface area contributed by atoms with E-state index in [1.54, 1.807) is 6.92 Å². The molecule has 1 aromatic rings. The second-order valence-electron chi connectivity index (χ2n) is 7.57. The zero-order chi connectivity index (χ0) is 25.8. The summed E-state index contributed by atoms with van der Waals surface area (Å²) in [7, 11) is 2.17. The summed E-state index contributed by atoms with van der Waals surface area (Å²) in [6, 6.07) is 2.58. The van der Waals surface area contributed by atoms with Crippen molar-refractivity contribution in [1.82, 2.24) is 0 Å². The molecule has 0 spiro atoms. The molecule has 0 aromatic heterocycles. The Balaban J connectivity index is 3.18. The Morgan fingerprint density at radius 3 is 2.00 bits per heavy atom. The van der Waals surface area contributed by atoms with E-state index >= 15 is 0 Å². The van der Waals surface area contributed by atoms with Gasteiger partial charge >= 0.3 is 24.4 Å². The second kappa shape index (κ2) is 13.9. The number of benzene rings is 1. The van der Waals surface area contributed by atoms with E-state index in [1.165, 1.54) is 18.2 Å². The van der Waals surface area contributed by atoms with E-state index in [4.69, 9.17) is 24.7 Å². The van der Waals surface area contributed by atoms with Crippen LogP contribution in [-0.4, -0.2) is 63.0 Å². The van der Waals surface area contributed by atoms with Crippen molar-refractivity contribution < 1.29 is 52.7 Å². The number of hydrogen-bond acceptors (Lipinski definition) is 11. The number of ether oxygens (including phenoxy) is 6. The van der Waals surface area contributed by atoms with Crippen LogP contribution in [0.15, 0.2) is 18.2 Å². The maximum atomic E-state index is 11.9. The molecule has 12 heteroatoms. The molecule has 1 aromatic carbocycles. The zero-order valence-corrected chi connectivity index (χ0v) is 19.8. The number of carbonyl (C=O) groups excluding carboxylic acids is 3. The van der Waals surface area contributed by atoms with Crippen LogP contribution in [0.2, 0.25) is 0 Å². The number of hydrogen-bond donors (Lipinski definition) is 2. The standard InChI is InChI=1S/C22H31NO11/c1-6-12(2)10-31-22(28)32-11-13(3)17(18(23)19(24)25)14-7-8-15(33-20(26)29-4)16(9-14)34-21(27)30-5/h7-9,12-13,17-18H,6,10-11,23H2,1-5H3,(H,24,25)/t12?,13?,17?,18-/m0/s1. The highest BCUT2D eigenvalue weighted by atomic mass is 16.7. The third-order valence-corrected chi connectivity index (χ3v) is 5.00. The van der Waals surface area contributed by atoms with E-state index in [0.29, 0.717) is 5.56 Å². The minimum Gasteiger partial charge on any atom is -0.480 e. The topological polar surface area (TPSA) is 170 Å². The van der Waals surface area contributed by atoms with Gasteiger partial charge in [-0.25, -0.2) is 14.4 Å². The van der Waals surface area contributed by atoms with Gasteiger partial charge in [-0.1, -0.05) is 33.3 Å². The van der Waals surface area contributed by atoms with Crippen molar-refractivity contribution in [3.8, 4) is 11.5 Å². The number of methoxy groups -OCH3 is 2. The first kappa shape index (κ1) is 28.5. The molecule has 0 amide bonds. The number of aliphatic carboxylic acids is 1. The Bertz CT molecular complexity index is 857. The van der Waals surface area contributed by atoms with Gasteiger partial charge in [0.25, 0.3) is 0 Å². The molecule has 0 aliphatic rings. The molecule has 0 bridgehead atoms. The van der Waals surface area contributed by atoms with Gasteiger partial charge in [-0.3, -0.25) is 4.79 Å². The Hall–Kier alpha value is -3.54. The average molecular weight is 485 g/mol. The predicted molar refractivity (Wildman–Crippen MR) is 117 cm³/mol. The number of nitrogens with two attached hydrogens (primary N) is 1. The fourth-order valence-electron chi connectivity index (χ4n) is 2.88. The normalized spacial score (nSPS) is 14.1. The fraction of sp³-hybridized carbons (Fsp3) is 0.545. The molecule has 3 N–H and O–H groups in total. The molecular formula is C22H31NO11. The van der Waals surface area contributed by atoms with Crippen molar-refractivity contribution in [3.05, 3.63) is 23.8 Å². The summed E-state index contributed by atoms with van der Waals surface area (Å²) < 4.78 is 29.0. The molecule has 4 atom stereocenters. The smallest absolute Gasteiger partial charge is 0.480 e. The highest BCUT2D eigenvalue weighted by Crippen LogP contribution is 2.36. The maximum Gasteiger partial charge on any atom is 0.513 e. The average Bonchev–Trinajstić information content (AvgIpc) is 2.82. The van der Waals surface area contributed by atoms with Crippen molar-refractivity contribution in [2.45, 2.75) is 39.2 Å². The van der Waals surface area contributed by atoms with E-state index in [9.17, 15) is 24.3 Å². The van der Waals surface area contributed by atoms with Crippen molar-refractivity contribution >= 4 is 24.4 Å². The summed E-state index contributed by atoms with van der Waals surface area (Å²) >= 11 is 0. The Morgan fingerprint density at radius 2 is 1.47 bits per heavy atom. The first-order chi connectivity index (χ1) is 16.0. The Kier molecular flexibility index (Phi) is 11.6. The van der Waals surface area contributed by atoms with Gasteiger partial charge < -0.3 is 39.3 Å². The monoisotopic (exact) mass is 485 g/mol. The largest absolute Gasteiger partial charge is 0.513 e. The summed E-state index contributed by atoms with van der Waals surface area (Å²) in [6.07, 6.45) is -2.23. The molecule has 190 valence electrons. The van der Waals surface area contributed by atoms with Crippen LogP contribution in [0.4, 0.5) is 14.4 Å². The Labute approximate surface area is 197 Å².